The topological polar surface area (TPSA) is 41.6 Å². The van der Waals surface area contributed by atoms with Gasteiger partial charge in [-0.1, -0.05) is 30.9 Å². The molecule has 0 spiro atoms. The Bertz CT molecular complexity index is 546. The third-order valence-electron chi connectivity index (χ3n) is 3.48. The van der Waals surface area contributed by atoms with E-state index >= 15 is 0 Å². The average molecular weight is 288 g/mol. The van der Waals surface area contributed by atoms with E-state index in [2.05, 4.69) is 11.9 Å². The van der Waals surface area contributed by atoms with Crippen LogP contribution in [-0.2, 0) is 11.3 Å². The van der Waals surface area contributed by atoms with Gasteiger partial charge in [0.25, 0.3) is 0 Å². The number of rotatable bonds is 1. The molecule has 1 N–H and O–H groups in total. The maximum absolute atomic E-state index is 12.4. The van der Waals surface area contributed by atoms with Gasteiger partial charge in [-0.3, -0.25) is 4.90 Å². The monoisotopic (exact) mass is 288 g/mol. The molecule has 4 heteroatoms. The van der Waals surface area contributed by atoms with Crippen molar-refractivity contribution in [1.82, 2.24) is 4.90 Å². The molecule has 1 aromatic rings. The third kappa shape index (κ3) is 3.57. The number of hydrogen-bond acceptors (Lipinski definition) is 3. The van der Waals surface area contributed by atoms with E-state index < -0.39 is 5.60 Å². The van der Waals surface area contributed by atoms with Gasteiger partial charge in [0.2, 0.25) is 0 Å². The van der Waals surface area contributed by atoms with Gasteiger partial charge in [-0.25, -0.2) is 4.79 Å². The highest BCUT2D eigenvalue weighted by Gasteiger charge is 2.29. The van der Waals surface area contributed by atoms with E-state index in [1.807, 2.05) is 52.0 Å². The van der Waals surface area contributed by atoms with Gasteiger partial charge in [0, 0.05) is 18.3 Å². The number of amides is 1. The Morgan fingerprint density at radius 3 is 2.81 bits per heavy atom. The first kappa shape index (κ1) is 15.4. The zero-order chi connectivity index (χ0) is 15.6. The number of para-hydroxylation sites is 1. The molecule has 0 bridgehead atoms. The molecule has 0 aromatic heterocycles. The van der Waals surface area contributed by atoms with Crippen molar-refractivity contribution in [3.05, 3.63) is 35.9 Å². The summed E-state index contributed by atoms with van der Waals surface area (Å²) in [5.41, 5.74) is 2.72. The summed E-state index contributed by atoms with van der Waals surface area (Å²) in [6, 6.07) is 6.10. The van der Waals surface area contributed by atoms with Gasteiger partial charge < -0.3 is 10.1 Å². The lowest BCUT2D eigenvalue weighted by molar-refractivity contribution is 0.0172. The molecule has 1 amide bonds. The molecule has 1 aliphatic heterocycles. The number of fused-ring (bicyclic) bond motifs is 1. The standard InChI is InChI=1S/C17H24N2O2/c1-6-13-8-7-9-14-11-19(12(2)10-18-15(13)14)16(20)21-17(3,4)5/h6-9,12,18H,1,10-11H2,2-5H3. The van der Waals surface area contributed by atoms with E-state index in [4.69, 9.17) is 4.74 Å². The van der Waals surface area contributed by atoms with Gasteiger partial charge in [0.15, 0.2) is 0 Å². The summed E-state index contributed by atoms with van der Waals surface area (Å²) in [7, 11) is 0. The summed E-state index contributed by atoms with van der Waals surface area (Å²) >= 11 is 0. The molecule has 1 atom stereocenters. The van der Waals surface area contributed by atoms with Crippen LogP contribution in [0.4, 0.5) is 10.5 Å². The van der Waals surface area contributed by atoms with Gasteiger partial charge in [0.1, 0.15) is 5.60 Å². The molecule has 1 aliphatic rings. The van der Waals surface area contributed by atoms with Crippen LogP contribution in [0.3, 0.4) is 0 Å². The number of carbonyl (C=O) groups excluding carboxylic acids is 1. The second-order valence-corrected chi connectivity index (χ2v) is 6.42. The molecule has 0 aliphatic carbocycles. The number of carbonyl (C=O) groups is 1. The summed E-state index contributed by atoms with van der Waals surface area (Å²) < 4.78 is 5.51. The third-order valence-corrected chi connectivity index (χ3v) is 3.48. The highest BCUT2D eigenvalue weighted by molar-refractivity contribution is 5.73. The van der Waals surface area contributed by atoms with Crippen molar-refractivity contribution in [2.45, 2.75) is 45.9 Å². The Morgan fingerprint density at radius 2 is 2.19 bits per heavy atom. The van der Waals surface area contributed by atoms with E-state index in [1.54, 1.807) is 4.90 Å². The maximum Gasteiger partial charge on any atom is 0.410 e. The summed E-state index contributed by atoms with van der Waals surface area (Å²) in [5, 5.41) is 3.42. The van der Waals surface area contributed by atoms with Gasteiger partial charge in [-0.2, -0.15) is 0 Å². The number of anilines is 1. The Labute approximate surface area is 126 Å². The highest BCUT2D eigenvalue weighted by Crippen LogP contribution is 2.28. The Balaban J connectivity index is 2.28. The first-order chi connectivity index (χ1) is 9.81. The van der Waals surface area contributed by atoms with Crippen molar-refractivity contribution in [1.29, 1.82) is 0 Å². The van der Waals surface area contributed by atoms with Crippen LogP contribution in [0.15, 0.2) is 24.8 Å². The minimum Gasteiger partial charge on any atom is -0.444 e. The highest BCUT2D eigenvalue weighted by atomic mass is 16.6. The van der Waals surface area contributed by atoms with E-state index in [0.717, 1.165) is 16.8 Å². The molecule has 1 unspecified atom stereocenters. The molecule has 2 rings (SSSR count). The molecule has 1 heterocycles. The van der Waals surface area contributed by atoms with Gasteiger partial charge in [-0.05, 0) is 38.8 Å². The van der Waals surface area contributed by atoms with Crippen molar-refractivity contribution in [2.24, 2.45) is 0 Å². The molecule has 21 heavy (non-hydrogen) atoms. The van der Waals surface area contributed by atoms with Crippen molar-refractivity contribution >= 4 is 17.9 Å². The van der Waals surface area contributed by atoms with E-state index in [9.17, 15) is 4.79 Å². The van der Waals surface area contributed by atoms with Gasteiger partial charge in [0.05, 0.1) is 6.54 Å². The lowest BCUT2D eigenvalue weighted by atomic mass is 10.1. The second kappa shape index (κ2) is 5.80. The van der Waals surface area contributed by atoms with Crippen LogP contribution in [0.5, 0.6) is 0 Å². The largest absolute Gasteiger partial charge is 0.444 e. The summed E-state index contributed by atoms with van der Waals surface area (Å²) in [4.78, 5) is 14.2. The van der Waals surface area contributed by atoms with Crippen LogP contribution in [0, 0.1) is 0 Å². The van der Waals surface area contributed by atoms with Crippen LogP contribution >= 0.6 is 0 Å². The smallest absolute Gasteiger partial charge is 0.410 e. The zero-order valence-corrected chi connectivity index (χ0v) is 13.3. The maximum atomic E-state index is 12.4. The fourth-order valence-electron chi connectivity index (χ4n) is 2.40. The van der Waals surface area contributed by atoms with Crippen LogP contribution in [0.1, 0.15) is 38.8 Å². The first-order valence-corrected chi connectivity index (χ1v) is 7.29. The molecule has 0 saturated heterocycles. The number of hydrogen-bond donors (Lipinski definition) is 1. The molecule has 4 nitrogen and oxygen atoms in total. The average Bonchev–Trinajstić information content (AvgIpc) is 2.56. The summed E-state index contributed by atoms with van der Waals surface area (Å²) in [6.45, 7) is 12.8. The predicted molar refractivity (Wildman–Crippen MR) is 86.3 cm³/mol. The molecular formula is C17H24N2O2. The normalized spacial score (nSPS) is 18.3. The molecule has 0 radical (unpaired) electrons. The minimum absolute atomic E-state index is 0.0601. The fourth-order valence-corrected chi connectivity index (χ4v) is 2.40. The van der Waals surface area contributed by atoms with E-state index in [-0.39, 0.29) is 12.1 Å². The Kier molecular flexibility index (Phi) is 4.26. The SMILES string of the molecule is C=Cc1cccc2c1NCC(C)N(C(=O)OC(C)(C)C)C2. The quantitative estimate of drug-likeness (QED) is 0.852. The number of ether oxygens (including phenoxy) is 1. The van der Waals surface area contributed by atoms with Crippen LogP contribution in [0.2, 0.25) is 0 Å². The van der Waals surface area contributed by atoms with E-state index in [1.165, 1.54) is 0 Å². The lowest BCUT2D eigenvalue weighted by Crippen LogP contribution is -2.43. The van der Waals surface area contributed by atoms with Crippen molar-refractivity contribution in [2.75, 3.05) is 11.9 Å². The number of benzene rings is 1. The summed E-state index contributed by atoms with van der Waals surface area (Å²) in [6.07, 6.45) is 1.56. The Morgan fingerprint density at radius 1 is 1.48 bits per heavy atom. The predicted octanol–water partition coefficient (Wildman–Crippen LogP) is 3.88. The molecule has 1 aromatic carbocycles. The zero-order valence-electron chi connectivity index (χ0n) is 13.3. The van der Waals surface area contributed by atoms with Crippen molar-refractivity contribution < 1.29 is 9.53 Å². The van der Waals surface area contributed by atoms with Crippen LogP contribution in [-0.4, -0.2) is 29.2 Å². The lowest BCUT2D eigenvalue weighted by Gasteiger charge is -2.30. The van der Waals surface area contributed by atoms with Crippen molar-refractivity contribution in [3.63, 3.8) is 0 Å². The fraction of sp³-hybridized carbons (Fsp3) is 0.471. The van der Waals surface area contributed by atoms with Gasteiger partial charge >= 0.3 is 6.09 Å². The van der Waals surface area contributed by atoms with Crippen LogP contribution < -0.4 is 5.32 Å². The molecule has 0 saturated carbocycles. The Hall–Kier alpha value is -1.97. The van der Waals surface area contributed by atoms with Gasteiger partial charge in [-0.15, -0.1) is 0 Å². The number of nitrogens with one attached hydrogen (secondary N) is 1. The second-order valence-electron chi connectivity index (χ2n) is 6.42. The molecule has 0 fully saturated rings. The van der Waals surface area contributed by atoms with Crippen LogP contribution in [0.25, 0.3) is 6.08 Å². The summed E-state index contributed by atoms with van der Waals surface area (Å²) in [5.74, 6) is 0. The van der Waals surface area contributed by atoms with E-state index in [0.29, 0.717) is 13.1 Å². The molecule has 114 valence electrons. The van der Waals surface area contributed by atoms with Crippen molar-refractivity contribution in [3.8, 4) is 0 Å². The minimum atomic E-state index is -0.484. The first-order valence-electron chi connectivity index (χ1n) is 7.29. The number of nitrogens with zero attached hydrogens (tertiary/aromatic N) is 1. The molecular weight excluding hydrogens is 264 g/mol.